The van der Waals surface area contributed by atoms with Gasteiger partial charge in [-0.25, -0.2) is 0 Å². The lowest BCUT2D eigenvalue weighted by atomic mass is 10.1. The third-order valence-corrected chi connectivity index (χ3v) is 3.84. The van der Waals surface area contributed by atoms with Crippen LogP contribution >= 0.6 is 0 Å². The van der Waals surface area contributed by atoms with Crippen LogP contribution in [0.3, 0.4) is 0 Å². The van der Waals surface area contributed by atoms with E-state index in [4.69, 9.17) is 10.4 Å². The Kier molecular flexibility index (Phi) is 4.76. The van der Waals surface area contributed by atoms with Crippen molar-refractivity contribution in [3.8, 4) is 0 Å². The lowest BCUT2D eigenvalue weighted by Crippen LogP contribution is -2.20. The Morgan fingerprint density at radius 3 is 1.81 bits per heavy atom. The molecule has 0 spiro atoms. The highest BCUT2D eigenvalue weighted by Crippen LogP contribution is 2.14. The number of hydrogen-bond acceptors (Lipinski definition) is 2. The zero-order chi connectivity index (χ0) is 15.3. The summed E-state index contributed by atoms with van der Waals surface area (Å²) in [5.41, 5.74) is 10.1. The molecule has 2 rings (SSSR count). The molecule has 2 aromatic carbocycles. The number of hydrogen-bond donors (Lipinski definition) is 1. The molecular formula is C18H22N2Si. The molecule has 0 aliphatic carbocycles. The van der Waals surface area contributed by atoms with Crippen LogP contribution in [0.5, 0.6) is 0 Å². The zero-order valence-electron chi connectivity index (χ0n) is 12.9. The van der Waals surface area contributed by atoms with E-state index in [0.717, 1.165) is 22.5 Å². The minimum absolute atomic E-state index is 0.747. The average molecular weight is 294 g/mol. The fraction of sp³-hybridized carbons (Fsp3) is 0.167. The molecule has 0 aliphatic rings. The maximum absolute atomic E-state index is 6.25. The summed E-state index contributed by atoms with van der Waals surface area (Å²) in [6.07, 6.45) is 1.99. The Morgan fingerprint density at radius 2 is 1.33 bits per heavy atom. The predicted octanol–water partition coefficient (Wildman–Crippen LogP) is 4.31. The van der Waals surface area contributed by atoms with Gasteiger partial charge in [0.25, 0.3) is 0 Å². The van der Waals surface area contributed by atoms with E-state index in [1.165, 1.54) is 0 Å². The highest BCUT2D eigenvalue weighted by molar-refractivity contribution is 6.75. The quantitative estimate of drug-likeness (QED) is 0.662. The van der Waals surface area contributed by atoms with Crippen molar-refractivity contribution in [1.82, 2.24) is 0 Å². The Balaban J connectivity index is 2.45. The summed E-state index contributed by atoms with van der Waals surface area (Å²) in [4.78, 5) is 0. The lowest BCUT2D eigenvalue weighted by molar-refractivity contribution is 1.50. The molecule has 0 unspecified atom stereocenters. The van der Waals surface area contributed by atoms with Crippen LogP contribution in [-0.2, 0) is 0 Å². The Morgan fingerprint density at radius 1 is 0.857 bits per heavy atom. The van der Waals surface area contributed by atoms with E-state index in [1.807, 2.05) is 54.6 Å². The maximum Gasteiger partial charge on any atom is 0.173 e. The minimum Gasteiger partial charge on any atom is -0.398 e. The van der Waals surface area contributed by atoms with Crippen LogP contribution in [0.4, 0.5) is 0 Å². The van der Waals surface area contributed by atoms with Crippen molar-refractivity contribution < 1.29 is 0 Å². The van der Waals surface area contributed by atoms with E-state index in [2.05, 4.69) is 31.8 Å². The number of nitrogens with two attached hydrogens (primary N) is 1. The van der Waals surface area contributed by atoms with Crippen molar-refractivity contribution in [3.05, 3.63) is 77.9 Å². The molecule has 0 bridgehead atoms. The second-order valence-electron chi connectivity index (χ2n) is 6.00. The summed E-state index contributed by atoms with van der Waals surface area (Å²) >= 11 is 0. The van der Waals surface area contributed by atoms with Gasteiger partial charge in [0.05, 0.1) is 5.71 Å². The summed E-state index contributed by atoms with van der Waals surface area (Å²) in [6.45, 7) is 6.67. The van der Waals surface area contributed by atoms with Gasteiger partial charge in [-0.15, -0.1) is 0 Å². The Labute approximate surface area is 128 Å². The molecule has 0 aliphatic heterocycles. The highest BCUT2D eigenvalue weighted by Gasteiger charge is 2.13. The van der Waals surface area contributed by atoms with E-state index < -0.39 is 8.24 Å². The van der Waals surface area contributed by atoms with Crippen molar-refractivity contribution >= 4 is 19.6 Å². The molecule has 0 amide bonds. The summed E-state index contributed by atoms with van der Waals surface area (Å²) in [5, 5.41) is 0. The topological polar surface area (TPSA) is 38.4 Å². The van der Waals surface area contributed by atoms with Crippen molar-refractivity contribution in [2.24, 2.45) is 10.4 Å². The van der Waals surface area contributed by atoms with Gasteiger partial charge < -0.3 is 10.4 Å². The SMILES string of the molecule is C[Si](C)(C)N=C(C=C(N)c1ccccc1)c1ccccc1. The molecule has 108 valence electrons. The lowest BCUT2D eigenvalue weighted by Gasteiger charge is -2.13. The minimum atomic E-state index is -1.58. The number of benzene rings is 2. The van der Waals surface area contributed by atoms with Crippen LogP contribution in [0.15, 0.2) is 71.4 Å². The van der Waals surface area contributed by atoms with Crippen molar-refractivity contribution in [2.75, 3.05) is 0 Å². The van der Waals surface area contributed by atoms with Crippen molar-refractivity contribution in [1.29, 1.82) is 0 Å². The largest absolute Gasteiger partial charge is 0.398 e. The highest BCUT2D eigenvalue weighted by atomic mass is 28.3. The van der Waals surface area contributed by atoms with E-state index in [-0.39, 0.29) is 0 Å². The molecule has 0 radical (unpaired) electrons. The van der Waals surface area contributed by atoms with Gasteiger partial charge >= 0.3 is 0 Å². The van der Waals surface area contributed by atoms with Crippen LogP contribution in [0.25, 0.3) is 5.70 Å². The number of nitrogens with zero attached hydrogens (tertiary/aromatic N) is 1. The second-order valence-corrected chi connectivity index (χ2v) is 10.6. The summed E-state index contributed by atoms with van der Waals surface area (Å²) in [6, 6.07) is 20.2. The van der Waals surface area contributed by atoms with E-state index in [1.54, 1.807) is 0 Å². The normalized spacial score (nSPS) is 13.3. The molecule has 0 atom stereocenters. The van der Waals surface area contributed by atoms with Gasteiger partial charge in [-0.2, -0.15) is 0 Å². The van der Waals surface area contributed by atoms with Crippen LogP contribution in [0.2, 0.25) is 19.6 Å². The first-order valence-corrected chi connectivity index (χ1v) is 10.6. The predicted molar refractivity (Wildman–Crippen MR) is 94.9 cm³/mol. The maximum atomic E-state index is 6.25. The molecule has 2 nitrogen and oxygen atoms in total. The second kappa shape index (κ2) is 6.55. The van der Waals surface area contributed by atoms with Crippen LogP contribution in [-0.4, -0.2) is 13.9 Å². The molecule has 0 heterocycles. The van der Waals surface area contributed by atoms with E-state index >= 15 is 0 Å². The van der Waals surface area contributed by atoms with Crippen LogP contribution in [0, 0.1) is 0 Å². The fourth-order valence-electron chi connectivity index (χ4n) is 2.01. The van der Waals surface area contributed by atoms with Gasteiger partial charge in [0.2, 0.25) is 0 Å². The first-order chi connectivity index (χ1) is 9.96. The molecule has 0 fully saturated rings. The molecule has 0 aromatic heterocycles. The first-order valence-electron chi connectivity index (χ1n) is 7.13. The van der Waals surface area contributed by atoms with Gasteiger partial charge in [0, 0.05) is 5.70 Å². The van der Waals surface area contributed by atoms with E-state index in [0.29, 0.717) is 0 Å². The van der Waals surface area contributed by atoms with Crippen LogP contribution < -0.4 is 5.73 Å². The monoisotopic (exact) mass is 294 g/mol. The number of allylic oxidation sites excluding steroid dienone is 1. The summed E-state index contributed by atoms with van der Waals surface area (Å²) in [5.74, 6) is 0. The first kappa shape index (κ1) is 15.3. The Hall–Kier alpha value is -2.13. The van der Waals surface area contributed by atoms with Crippen molar-refractivity contribution in [3.63, 3.8) is 0 Å². The van der Waals surface area contributed by atoms with Gasteiger partial charge in [-0.1, -0.05) is 60.7 Å². The third kappa shape index (κ3) is 4.72. The van der Waals surface area contributed by atoms with Crippen molar-refractivity contribution in [2.45, 2.75) is 19.6 Å². The smallest absolute Gasteiger partial charge is 0.173 e. The molecule has 0 saturated carbocycles. The molecule has 3 heteroatoms. The molecule has 21 heavy (non-hydrogen) atoms. The molecule has 2 aromatic rings. The summed E-state index contributed by atoms with van der Waals surface area (Å²) in [7, 11) is -1.58. The number of rotatable bonds is 4. The standard InChI is InChI=1S/C18H22N2Si/c1-21(2,3)20-18(16-12-8-5-9-13-16)14-17(19)15-10-6-4-7-11-15/h4-14H,19H2,1-3H3. The molecular weight excluding hydrogens is 272 g/mol. The average Bonchev–Trinajstić information content (AvgIpc) is 2.47. The van der Waals surface area contributed by atoms with Crippen LogP contribution in [0.1, 0.15) is 11.1 Å². The molecule has 2 N–H and O–H groups in total. The van der Waals surface area contributed by atoms with Gasteiger partial charge in [-0.3, -0.25) is 0 Å². The van der Waals surface area contributed by atoms with Gasteiger partial charge in [-0.05, 0) is 36.8 Å². The fourth-order valence-corrected chi connectivity index (χ4v) is 2.93. The summed E-state index contributed by atoms with van der Waals surface area (Å²) < 4.78 is 4.94. The van der Waals surface area contributed by atoms with Gasteiger partial charge in [0.15, 0.2) is 8.24 Å². The van der Waals surface area contributed by atoms with E-state index in [9.17, 15) is 0 Å². The van der Waals surface area contributed by atoms with Gasteiger partial charge in [0.1, 0.15) is 0 Å². The Bertz CT molecular complexity index is 638. The molecule has 0 saturated heterocycles. The third-order valence-electron chi connectivity index (χ3n) is 2.92. The zero-order valence-corrected chi connectivity index (χ0v) is 13.9.